The lowest BCUT2D eigenvalue weighted by atomic mass is 9.84. The van der Waals surface area contributed by atoms with Crippen LogP contribution in [0.15, 0.2) is 27.6 Å². The first-order valence-corrected chi connectivity index (χ1v) is 10.7. The van der Waals surface area contributed by atoms with E-state index in [9.17, 15) is 24.7 Å². The number of nitrogens with two attached hydrogens (primary N) is 1. The van der Waals surface area contributed by atoms with Gasteiger partial charge in [-0.2, -0.15) is 14.1 Å². The van der Waals surface area contributed by atoms with E-state index in [1.165, 1.54) is 12.5 Å². The van der Waals surface area contributed by atoms with Gasteiger partial charge in [-0.3, -0.25) is 18.6 Å². The smallest absolute Gasteiger partial charge is 0.276 e. The van der Waals surface area contributed by atoms with Crippen LogP contribution >= 0.6 is 23.7 Å². The molecule has 2 amide bonds. The zero-order valence-electron chi connectivity index (χ0n) is 17.5. The fraction of sp³-hybridized carbons (Fsp3) is 0.353. The number of rotatable bonds is 9. The van der Waals surface area contributed by atoms with Gasteiger partial charge in [-0.05, 0) is 13.8 Å². The van der Waals surface area contributed by atoms with Crippen molar-refractivity contribution in [3.05, 3.63) is 39.3 Å². The van der Waals surface area contributed by atoms with Crippen molar-refractivity contribution >= 4 is 46.3 Å². The Balaban J connectivity index is 1.77. The molecule has 0 saturated carbocycles. The molecule has 1 fully saturated rings. The average Bonchev–Trinajstić information content (AvgIpc) is 3.18. The van der Waals surface area contributed by atoms with Crippen LogP contribution in [-0.4, -0.2) is 61.3 Å². The first-order valence-electron chi connectivity index (χ1n) is 9.13. The summed E-state index contributed by atoms with van der Waals surface area (Å²) in [5.74, 6) is -1.94. The minimum absolute atomic E-state index is 0.0437. The summed E-state index contributed by atoms with van der Waals surface area (Å²) in [7, 11) is 1.37. The second-order valence-corrected chi connectivity index (χ2v) is 8.65. The van der Waals surface area contributed by atoms with E-state index in [1.807, 2.05) is 0 Å². The Labute approximate surface area is 194 Å². The number of pyridine rings is 1. The number of carbonyl (C=O) groups excluding carboxylic acids is 2. The predicted octanol–water partition coefficient (Wildman–Crippen LogP) is -0.00240. The van der Waals surface area contributed by atoms with E-state index in [4.69, 9.17) is 19.0 Å². The number of oxime groups is 1. The summed E-state index contributed by atoms with van der Waals surface area (Å²) in [4.78, 5) is 46.1. The van der Waals surface area contributed by atoms with Crippen molar-refractivity contribution < 1.29 is 33.2 Å². The lowest BCUT2D eigenvalue weighted by Gasteiger charge is -2.50. The molecular weight excluding hydrogens is 480 g/mol. The van der Waals surface area contributed by atoms with Gasteiger partial charge in [0.2, 0.25) is 5.43 Å². The molecule has 1 aliphatic heterocycles. The molecule has 0 unspecified atom stereocenters. The van der Waals surface area contributed by atoms with E-state index in [2.05, 4.69) is 15.5 Å². The highest BCUT2D eigenvalue weighted by Gasteiger charge is 2.57. The highest BCUT2D eigenvalue weighted by molar-refractivity contribution is 7.89. The highest BCUT2D eigenvalue weighted by Crippen LogP contribution is 2.34. The Morgan fingerprint density at radius 1 is 1.45 bits per heavy atom. The van der Waals surface area contributed by atoms with Gasteiger partial charge in [-0.15, -0.1) is 11.3 Å². The Morgan fingerprint density at radius 2 is 2.18 bits per heavy atom. The van der Waals surface area contributed by atoms with Crippen LogP contribution in [0, 0.1) is 0 Å². The average molecular weight is 501 g/mol. The summed E-state index contributed by atoms with van der Waals surface area (Å²) in [6.45, 7) is 2.93. The van der Waals surface area contributed by atoms with Gasteiger partial charge in [-0.25, -0.2) is 4.98 Å². The molecule has 0 radical (unpaired) electrons. The number of aromatic hydroxyl groups is 1. The van der Waals surface area contributed by atoms with Crippen LogP contribution in [0.4, 0.5) is 5.13 Å². The van der Waals surface area contributed by atoms with Gasteiger partial charge in [0, 0.05) is 11.4 Å². The summed E-state index contributed by atoms with van der Waals surface area (Å²) >= 11 is 1.66. The molecule has 0 aromatic carbocycles. The number of amides is 2. The summed E-state index contributed by atoms with van der Waals surface area (Å²) in [6, 6.07) is -0.00325. The van der Waals surface area contributed by atoms with Crippen molar-refractivity contribution in [2.45, 2.75) is 32.0 Å². The molecule has 2 aromatic heterocycles. The largest absolute Gasteiger partial charge is 0.503 e. The van der Waals surface area contributed by atoms with E-state index < -0.39 is 41.2 Å². The van der Waals surface area contributed by atoms with E-state index in [0.717, 1.165) is 28.7 Å². The molecule has 0 aliphatic carbocycles. The third kappa shape index (κ3) is 5.03. The van der Waals surface area contributed by atoms with Crippen LogP contribution in [0.1, 0.15) is 25.2 Å². The Hall–Kier alpha value is -3.34. The number of aromatic nitrogens is 2. The fourth-order valence-corrected chi connectivity index (χ4v) is 3.75. The molecule has 16 heteroatoms. The van der Waals surface area contributed by atoms with Crippen LogP contribution in [0.5, 0.6) is 5.75 Å². The maximum atomic E-state index is 12.9. The number of hydrogen-bond acceptors (Lipinski definition) is 13. The van der Waals surface area contributed by atoms with Gasteiger partial charge < -0.3 is 26.2 Å². The number of thiazole rings is 1. The van der Waals surface area contributed by atoms with Gasteiger partial charge in [-0.1, -0.05) is 5.16 Å². The third-order valence-electron chi connectivity index (χ3n) is 4.56. The van der Waals surface area contributed by atoms with Crippen LogP contribution in [0.2, 0.25) is 0 Å². The lowest BCUT2D eigenvalue weighted by Crippen LogP contribution is -2.76. The number of nitrogens with one attached hydrogen (secondary N) is 1. The number of carbonyl (C=O) groups is 2. The molecule has 14 nitrogen and oxygen atoms in total. The fourth-order valence-electron chi connectivity index (χ4n) is 2.81. The molecule has 5 N–H and O–H groups in total. The molecule has 178 valence electrons. The molecule has 33 heavy (non-hydrogen) atoms. The van der Waals surface area contributed by atoms with Crippen molar-refractivity contribution in [3.63, 3.8) is 0 Å². The number of nitrogen functional groups attached to an aromatic ring is 1. The number of hydroxylamine groups is 2. The molecule has 2 aromatic rings. The topological polar surface area (TPSA) is 191 Å². The van der Waals surface area contributed by atoms with Gasteiger partial charge >= 0.3 is 0 Å². The first-order chi connectivity index (χ1) is 15.6. The minimum Gasteiger partial charge on any atom is -0.503 e. The zero-order valence-corrected chi connectivity index (χ0v) is 19.2. The van der Waals surface area contributed by atoms with E-state index in [0.29, 0.717) is 17.1 Å². The Bertz CT molecular complexity index is 1150. The van der Waals surface area contributed by atoms with E-state index in [1.54, 1.807) is 13.8 Å². The summed E-state index contributed by atoms with van der Waals surface area (Å²) in [5, 5.41) is 28.1. The number of β-lactam (4-membered cyclic amide) rings is 1. The van der Waals surface area contributed by atoms with Crippen molar-refractivity contribution in [1.82, 2.24) is 20.1 Å². The third-order valence-corrected chi connectivity index (χ3v) is 5.58. The molecule has 3 rings (SSSR count). The summed E-state index contributed by atoms with van der Waals surface area (Å²) in [6.07, 6.45) is 0.791. The van der Waals surface area contributed by atoms with Crippen LogP contribution in [0.3, 0.4) is 0 Å². The quantitative estimate of drug-likeness (QED) is 0.119. The molecule has 3 heterocycles. The second kappa shape index (κ2) is 9.65. The maximum Gasteiger partial charge on any atom is 0.276 e. The standard InChI is InChI=1S/C17H20N6O8S2/c1-17(2)13(15(27)23(17)31-33-29-3)20-14(26)12(9-7-32-16(18)19-9)21-30-6-8-4-10(24)11(25)5-22(8)28/h4-5,7,13,25,28H,6H2,1-3H3,(H2,18,19)(H,20,26)/b21-12-/t13-/m1/s1. The normalized spacial score (nSPS) is 17.5. The Morgan fingerprint density at radius 3 is 2.79 bits per heavy atom. The van der Waals surface area contributed by atoms with Crippen LogP contribution in [-0.2, 0) is 29.5 Å². The Kier molecular flexibility index (Phi) is 7.11. The van der Waals surface area contributed by atoms with Crippen molar-refractivity contribution in [2.24, 2.45) is 5.16 Å². The number of hydrogen-bond donors (Lipinski definition) is 4. The second-order valence-electron chi connectivity index (χ2n) is 7.15. The van der Waals surface area contributed by atoms with Crippen LogP contribution in [0.25, 0.3) is 0 Å². The van der Waals surface area contributed by atoms with Crippen molar-refractivity contribution in [3.8, 4) is 5.75 Å². The van der Waals surface area contributed by atoms with Gasteiger partial charge in [0.15, 0.2) is 35.5 Å². The minimum atomic E-state index is -0.941. The van der Waals surface area contributed by atoms with E-state index in [-0.39, 0.29) is 22.2 Å². The number of anilines is 1. The molecular formula is C17H20N6O8S2. The monoisotopic (exact) mass is 500 g/mol. The van der Waals surface area contributed by atoms with Gasteiger partial charge in [0.05, 0.1) is 18.8 Å². The zero-order chi connectivity index (χ0) is 24.3. The SMILES string of the molecule is COSON1C(=O)[C@@H](NC(=O)/C(=N\OCc2cc(=O)c(O)cn2O)c2csc(N)n2)C1(C)C. The van der Waals surface area contributed by atoms with Crippen LogP contribution < -0.4 is 16.5 Å². The van der Waals surface area contributed by atoms with Crippen molar-refractivity contribution in [1.29, 1.82) is 0 Å². The lowest BCUT2D eigenvalue weighted by molar-refractivity contribution is -0.214. The maximum absolute atomic E-state index is 12.9. The molecule has 0 spiro atoms. The molecule has 0 bridgehead atoms. The predicted molar refractivity (Wildman–Crippen MR) is 116 cm³/mol. The number of nitrogens with zero attached hydrogens (tertiary/aromatic N) is 4. The van der Waals surface area contributed by atoms with E-state index >= 15 is 0 Å². The summed E-state index contributed by atoms with van der Waals surface area (Å²) < 4.78 is 10.3. The van der Waals surface area contributed by atoms with Gasteiger partial charge in [0.1, 0.15) is 17.4 Å². The summed E-state index contributed by atoms with van der Waals surface area (Å²) in [5.41, 5.74) is 3.77. The first kappa shape index (κ1) is 24.3. The van der Waals surface area contributed by atoms with Gasteiger partial charge in [0.25, 0.3) is 11.8 Å². The molecule has 1 saturated heterocycles. The molecule has 1 atom stereocenters. The highest BCUT2D eigenvalue weighted by atomic mass is 32.2. The van der Waals surface area contributed by atoms with Crippen molar-refractivity contribution in [2.75, 3.05) is 12.8 Å². The molecule has 1 aliphatic rings.